The molecule has 0 unspecified atom stereocenters. The minimum absolute atomic E-state index is 0.0664. The van der Waals surface area contributed by atoms with E-state index >= 15 is 0 Å². The van der Waals surface area contributed by atoms with Crippen molar-refractivity contribution in [2.24, 2.45) is 15.7 Å². The minimum Gasteiger partial charge on any atom is -0.489 e. The summed E-state index contributed by atoms with van der Waals surface area (Å²) in [6.07, 6.45) is 4.37. The summed E-state index contributed by atoms with van der Waals surface area (Å²) in [4.78, 5) is 43.2. The van der Waals surface area contributed by atoms with Gasteiger partial charge in [-0.3, -0.25) is 24.5 Å². The molecule has 1 aliphatic rings. The van der Waals surface area contributed by atoms with Crippen LogP contribution in [-0.2, 0) is 16.1 Å². The van der Waals surface area contributed by atoms with E-state index in [-0.39, 0.29) is 18.3 Å². The second kappa shape index (κ2) is 9.21. The molecule has 0 spiro atoms. The summed E-state index contributed by atoms with van der Waals surface area (Å²) in [7, 11) is 1.60. The van der Waals surface area contributed by atoms with E-state index in [1.807, 2.05) is 30.3 Å². The van der Waals surface area contributed by atoms with Gasteiger partial charge in [0, 0.05) is 25.5 Å². The molecule has 0 fully saturated rings. The lowest BCUT2D eigenvalue weighted by atomic mass is 10.2. The molecule has 0 saturated heterocycles. The smallest absolute Gasteiger partial charge is 0.287 e. The van der Waals surface area contributed by atoms with Crippen molar-refractivity contribution in [3.05, 3.63) is 60.4 Å². The molecule has 4 rings (SSSR count). The standard InChI is InChI=1S/C22H21N7O3/c1-29-18-9-15-16(26-8-7-25-15)10-19(18)32-12-17(22(29)31)28-21(30)20(23)27-13-24-11-14-5-3-2-4-6-14/h2-10,13,17H,11-12H2,1H3,(H,28,30)(H2,23,24,27)/t17-/m0/s1. The van der Waals surface area contributed by atoms with Gasteiger partial charge in [-0.1, -0.05) is 30.3 Å². The number of nitrogens with one attached hydrogen (secondary N) is 1. The number of benzene rings is 2. The van der Waals surface area contributed by atoms with Crippen LogP contribution in [0, 0.1) is 0 Å². The predicted molar refractivity (Wildman–Crippen MR) is 121 cm³/mol. The van der Waals surface area contributed by atoms with Crippen molar-refractivity contribution in [3.63, 3.8) is 0 Å². The highest BCUT2D eigenvalue weighted by atomic mass is 16.5. The highest BCUT2D eigenvalue weighted by Crippen LogP contribution is 2.33. The Morgan fingerprint density at radius 1 is 1.25 bits per heavy atom. The van der Waals surface area contributed by atoms with Crippen molar-refractivity contribution in [1.29, 1.82) is 0 Å². The number of nitrogens with zero attached hydrogens (tertiary/aromatic N) is 5. The number of amides is 2. The molecule has 1 atom stereocenters. The largest absolute Gasteiger partial charge is 0.489 e. The topological polar surface area (TPSA) is 135 Å². The fraction of sp³-hybridized carbons (Fsp3) is 0.182. The molecule has 1 aromatic heterocycles. The van der Waals surface area contributed by atoms with Crippen LogP contribution in [0.2, 0.25) is 0 Å². The summed E-state index contributed by atoms with van der Waals surface area (Å²) in [5, 5.41) is 2.57. The lowest BCUT2D eigenvalue weighted by Gasteiger charge is -2.20. The summed E-state index contributed by atoms with van der Waals surface area (Å²) in [5.41, 5.74) is 8.56. The van der Waals surface area contributed by atoms with E-state index < -0.39 is 11.9 Å². The molecule has 0 radical (unpaired) electrons. The van der Waals surface area contributed by atoms with Gasteiger partial charge in [-0.2, -0.15) is 0 Å². The van der Waals surface area contributed by atoms with Crippen LogP contribution in [0.4, 0.5) is 5.69 Å². The van der Waals surface area contributed by atoms with Crippen LogP contribution >= 0.6 is 0 Å². The Kier molecular flexibility index (Phi) is 6.02. The first-order chi connectivity index (χ1) is 15.5. The van der Waals surface area contributed by atoms with Crippen LogP contribution in [0.1, 0.15) is 5.56 Å². The van der Waals surface area contributed by atoms with E-state index in [1.54, 1.807) is 31.6 Å². The number of carbonyl (C=O) groups is 2. The van der Waals surface area contributed by atoms with Crippen LogP contribution in [0.5, 0.6) is 5.75 Å². The third-order valence-corrected chi connectivity index (χ3v) is 4.88. The van der Waals surface area contributed by atoms with E-state index in [0.717, 1.165) is 5.56 Å². The predicted octanol–water partition coefficient (Wildman–Crippen LogP) is 1.06. The SMILES string of the molecule is CN1C(=O)[C@@H](NC(=O)C(N)=NC=NCc2ccccc2)COc2cc3nccnc3cc21. The summed E-state index contributed by atoms with van der Waals surface area (Å²) in [6, 6.07) is 12.1. The maximum atomic E-state index is 12.9. The monoisotopic (exact) mass is 431 g/mol. The Morgan fingerprint density at radius 2 is 1.97 bits per heavy atom. The van der Waals surface area contributed by atoms with Gasteiger partial charge >= 0.3 is 0 Å². The highest BCUT2D eigenvalue weighted by molar-refractivity contribution is 6.38. The first kappa shape index (κ1) is 20.9. The van der Waals surface area contributed by atoms with E-state index in [1.165, 1.54) is 11.2 Å². The molecule has 3 N–H and O–H groups in total. The van der Waals surface area contributed by atoms with E-state index in [2.05, 4.69) is 25.3 Å². The lowest BCUT2D eigenvalue weighted by molar-refractivity contribution is -0.124. The number of likely N-dealkylation sites (N-methyl/N-ethyl adjacent to an activating group) is 1. The second-order valence-electron chi connectivity index (χ2n) is 7.06. The number of nitrogens with two attached hydrogens (primary N) is 1. The maximum Gasteiger partial charge on any atom is 0.287 e. The van der Waals surface area contributed by atoms with Gasteiger partial charge in [0.2, 0.25) is 0 Å². The zero-order valence-corrected chi connectivity index (χ0v) is 17.3. The van der Waals surface area contributed by atoms with Crippen molar-refractivity contribution in [1.82, 2.24) is 15.3 Å². The average Bonchev–Trinajstić information content (AvgIpc) is 2.93. The fourth-order valence-electron chi connectivity index (χ4n) is 3.18. The molecular weight excluding hydrogens is 410 g/mol. The summed E-state index contributed by atoms with van der Waals surface area (Å²) < 4.78 is 5.79. The van der Waals surface area contributed by atoms with Gasteiger partial charge in [0.1, 0.15) is 24.7 Å². The molecule has 32 heavy (non-hydrogen) atoms. The number of anilines is 1. The first-order valence-electron chi connectivity index (χ1n) is 9.84. The third-order valence-electron chi connectivity index (χ3n) is 4.88. The number of hydrogen-bond donors (Lipinski definition) is 2. The van der Waals surface area contributed by atoms with E-state index in [4.69, 9.17) is 10.5 Å². The van der Waals surface area contributed by atoms with Gasteiger partial charge in [-0.25, -0.2) is 4.99 Å². The van der Waals surface area contributed by atoms with Crippen molar-refractivity contribution >= 4 is 40.7 Å². The Labute approximate surface area is 183 Å². The summed E-state index contributed by atoms with van der Waals surface area (Å²) in [5.74, 6) is -0.879. The third kappa shape index (κ3) is 4.53. The van der Waals surface area contributed by atoms with E-state index in [0.29, 0.717) is 29.0 Å². The van der Waals surface area contributed by atoms with Gasteiger partial charge in [0.25, 0.3) is 11.8 Å². The van der Waals surface area contributed by atoms with Crippen LogP contribution in [-0.4, -0.2) is 53.7 Å². The van der Waals surface area contributed by atoms with Crippen LogP contribution in [0.15, 0.2) is 64.8 Å². The average molecular weight is 431 g/mol. The quantitative estimate of drug-likeness (QED) is 0.468. The molecule has 2 heterocycles. The molecule has 3 aromatic rings. The molecule has 2 aromatic carbocycles. The number of hydrogen-bond acceptors (Lipinski definition) is 6. The fourth-order valence-corrected chi connectivity index (χ4v) is 3.18. The van der Waals surface area contributed by atoms with Crippen molar-refractivity contribution in [2.45, 2.75) is 12.6 Å². The molecule has 10 heteroatoms. The van der Waals surface area contributed by atoms with Gasteiger partial charge < -0.3 is 20.7 Å². The Morgan fingerprint density at radius 3 is 2.72 bits per heavy atom. The molecule has 0 bridgehead atoms. The van der Waals surface area contributed by atoms with E-state index in [9.17, 15) is 9.59 Å². The van der Waals surface area contributed by atoms with Gasteiger partial charge in [0.15, 0.2) is 5.84 Å². The Bertz CT molecular complexity index is 1210. The number of amidine groups is 1. The normalized spacial score (nSPS) is 16.5. The zero-order chi connectivity index (χ0) is 22.5. The van der Waals surface area contributed by atoms with Crippen LogP contribution < -0.4 is 20.7 Å². The number of fused-ring (bicyclic) bond motifs is 2. The summed E-state index contributed by atoms with van der Waals surface area (Å²) >= 11 is 0. The van der Waals surface area contributed by atoms with Crippen molar-refractivity contribution < 1.29 is 14.3 Å². The van der Waals surface area contributed by atoms with Gasteiger partial charge in [0.05, 0.1) is 23.3 Å². The molecule has 0 aliphatic carbocycles. The Balaban J connectivity index is 1.43. The van der Waals surface area contributed by atoms with Crippen molar-refractivity contribution in [3.8, 4) is 5.75 Å². The number of ether oxygens (including phenoxy) is 1. The Hall–Kier alpha value is -4.34. The molecule has 1 aliphatic heterocycles. The van der Waals surface area contributed by atoms with Gasteiger partial charge in [-0.05, 0) is 11.6 Å². The molecule has 2 amide bonds. The highest BCUT2D eigenvalue weighted by Gasteiger charge is 2.31. The van der Waals surface area contributed by atoms with Gasteiger partial charge in [-0.15, -0.1) is 0 Å². The minimum atomic E-state index is -0.945. The number of rotatable bonds is 4. The maximum absolute atomic E-state index is 12.9. The summed E-state index contributed by atoms with van der Waals surface area (Å²) in [6.45, 7) is 0.346. The first-order valence-corrected chi connectivity index (χ1v) is 9.84. The number of aromatic nitrogens is 2. The van der Waals surface area contributed by atoms with Crippen LogP contribution in [0.3, 0.4) is 0 Å². The molecule has 10 nitrogen and oxygen atoms in total. The number of carbonyl (C=O) groups excluding carboxylic acids is 2. The van der Waals surface area contributed by atoms with Crippen LogP contribution in [0.25, 0.3) is 11.0 Å². The second-order valence-corrected chi connectivity index (χ2v) is 7.06. The molecular formula is C22H21N7O3. The zero-order valence-electron chi connectivity index (χ0n) is 17.3. The lowest BCUT2D eigenvalue weighted by Crippen LogP contribution is -2.52. The number of aliphatic imine (C=N–C) groups is 2. The van der Waals surface area contributed by atoms with Crippen molar-refractivity contribution in [2.75, 3.05) is 18.6 Å². The molecule has 162 valence electrons. The molecule has 0 saturated carbocycles.